The Morgan fingerprint density at radius 2 is 0.980 bits per heavy atom. The third-order valence-electron chi connectivity index (χ3n) is 8.22. The van der Waals surface area contributed by atoms with E-state index in [-0.39, 0.29) is 6.61 Å². The Labute approximate surface area is 298 Å². The molecule has 1 N–H and O–H groups in total. The molecular formula is C41H52O8Si. The van der Waals surface area contributed by atoms with Crippen LogP contribution in [0.25, 0.3) is 0 Å². The Hall–Kier alpha value is -4.44. The van der Waals surface area contributed by atoms with E-state index in [4.69, 9.17) is 23.7 Å². The van der Waals surface area contributed by atoms with Crippen LogP contribution in [0.2, 0.25) is 6.55 Å². The van der Waals surface area contributed by atoms with E-state index in [1.54, 1.807) is 27.7 Å². The lowest BCUT2D eigenvalue weighted by atomic mass is 10.1. The molecular weight excluding hydrogens is 649 g/mol. The van der Waals surface area contributed by atoms with Gasteiger partial charge in [-0.05, 0) is 106 Å². The number of carbonyl (C=O) groups excluding carboxylic acids is 2. The standard InChI is InChI=1S/C27H32O4Si.C14H20O4/c1-27(2,26(28)29-3)31-23-19-17-22(18-20-23)12-11-21-30-32(4,24-13-7-5-8-14-24)25-15-9-6-10-16-25;1-14(2,13(16)17-3)18-12-8-6-11(7-9-12)5-4-10-15/h5-10,13-20H,11-12,21H2,1-4H3;6-9,15H,4-5,10H2,1-3H3. The summed E-state index contributed by atoms with van der Waals surface area (Å²) in [5, 5.41) is 11.3. The SMILES string of the molecule is COC(=O)C(C)(C)Oc1ccc(CCCO)cc1.COC(=O)C(C)(C)Oc1ccc(CCCO[Si](C)(c2ccccc2)c2ccccc2)cc1. The van der Waals surface area contributed by atoms with Gasteiger partial charge in [-0.2, -0.15) is 0 Å². The Morgan fingerprint density at radius 1 is 0.600 bits per heavy atom. The van der Waals surface area contributed by atoms with Crippen LogP contribution in [0, 0.1) is 0 Å². The highest BCUT2D eigenvalue weighted by Crippen LogP contribution is 2.22. The molecule has 4 aromatic carbocycles. The first-order valence-corrected chi connectivity index (χ1v) is 19.3. The van der Waals surface area contributed by atoms with E-state index >= 15 is 0 Å². The minimum Gasteiger partial charge on any atom is -0.476 e. The predicted molar refractivity (Wildman–Crippen MR) is 200 cm³/mol. The molecule has 9 heteroatoms. The first-order chi connectivity index (χ1) is 23.8. The molecule has 0 atom stereocenters. The highest BCUT2D eigenvalue weighted by Gasteiger charge is 2.34. The van der Waals surface area contributed by atoms with Gasteiger partial charge in [-0.25, -0.2) is 9.59 Å². The summed E-state index contributed by atoms with van der Waals surface area (Å²) >= 11 is 0. The number of hydrogen-bond donors (Lipinski definition) is 1. The van der Waals surface area contributed by atoms with Crippen molar-refractivity contribution in [2.45, 2.75) is 71.1 Å². The van der Waals surface area contributed by atoms with Crippen molar-refractivity contribution in [1.29, 1.82) is 0 Å². The molecule has 0 aliphatic carbocycles. The summed E-state index contributed by atoms with van der Waals surface area (Å²) in [4.78, 5) is 23.3. The van der Waals surface area contributed by atoms with Crippen molar-refractivity contribution in [2.75, 3.05) is 27.4 Å². The van der Waals surface area contributed by atoms with Crippen LogP contribution in [-0.4, -0.2) is 64.0 Å². The first kappa shape index (κ1) is 40.0. The third-order valence-corrected chi connectivity index (χ3v) is 11.9. The number of rotatable bonds is 16. The summed E-state index contributed by atoms with van der Waals surface area (Å²) in [5.74, 6) is 0.460. The lowest BCUT2D eigenvalue weighted by Crippen LogP contribution is -2.58. The van der Waals surface area contributed by atoms with E-state index < -0.39 is 31.5 Å². The number of hydrogen-bond acceptors (Lipinski definition) is 8. The molecule has 0 radical (unpaired) electrons. The monoisotopic (exact) mass is 700 g/mol. The average Bonchev–Trinajstić information content (AvgIpc) is 3.13. The van der Waals surface area contributed by atoms with Gasteiger partial charge in [-0.1, -0.05) is 84.9 Å². The van der Waals surface area contributed by atoms with Crippen molar-refractivity contribution in [1.82, 2.24) is 0 Å². The molecule has 0 aliphatic heterocycles. The van der Waals surface area contributed by atoms with Gasteiger partial charge < -0.3 is 28.5 Å². The maximum atomic E-state index is 11.8. The molecule has 0 fully saturated rings. The number of aliphatic hydroxyl groups excluding tert-OH is 1. The van der Waals surface area contributed by atoms with Gasteiger partial charge in [-0.3, -0.25) is 0 Å². The molecule has 0 saturated carbocycles. The molecule has 0 saturated heterocycles. The first-order valence-electron chi connectivity index (χ1n) is 16.9. The van der Waals surface area contributed by atoms with Gasteiger partial charge in [0.05, 0.1) is 14.2 Å². The second kappa shape index (κ2) is 19.1. The Bertz CT molecular complexity index is 1550. The zero-order valence-corrected chi connectivity index (χ0v) is 31.4. The molecule has 4 rings (SSSR count). The lowest BCUT2D eigenvalue weighted by molar-refractivity contribution is -0.156. The fourth-order valence-corrected chi connectivity index (χ4v) is 8.17. The minimum absolute atomic E-state index is 0.188. The number of ether oxygens (including phenoxy) is 4. The van der Waals surface area contributed by atoms with Crippen LogP contribution in [0.3, 0.4) is 0 Å². The van der Waals surface area contributed by atoms with Crippen molar-refractivity contribution in [3.05, 3.63) is 120 Å². The van der Waals surface area contributed by atoms with Gasteiger partial charge in [0.25, 0.3) is 8.32 Å². The fraction of sp³-hybridized carbons (Fsp3) is 0.366. The average molecular weight is 701 g/mol. The maximum Gasteiger partial charge on any atom is 0.349 e. The molecule has 0 aromatic heterocycles. The second-order valence-corrected chi connectivity index (χ2v) is 16.6. The number of methoxy groups -OCH3 is 2. The zero-order valence-electron chi connectivity index (χ0n) is 30.4. The molecule has 0 heterocycles. The summed E-state index contributed by atoms with van der Waals surface area (Å²) in [5.41, 5.74) is 0.321. The molecule has 0 amide bonds. The van der Waals surface area contributed by atoms with Crippen LogP contribution >= 0.6 is 0 Å². The molecule has 50 heavy (non-hydrogen) atoms. The zero-order chi connectivity index (χ0) is 36.6. The summed E-state index contributed by atoms with van der Waals surface area (Å²) in [6.45, 7) is 9.88. The molecule has 0 unspecified atom stereocenters. The fourth-order valence-electron chi connectivity index (χ4n) is 5.29. The normalized spacial score (nSPS) is 11.5. The van der Waals surface area contributed by atoms with Gasteiger partial charge in [0, 0.05) is 13.2 Å². The van der Waals surface area contributed by atoms with E-state index in [1.807, 2.05) is 60.7 Å². The summed E-state index contributed by atoms with van der Waals surface area (Å²) in [7, 11) is 0.448. The van der Waals surface area contributed by atoms with E-state index in [1.165, 1.54) is 30.2 Å². The second-order valence-electron chi connectivity index (χ2n) is 13.0. The van der Waals surface area contributed by atoms with Crippen molar-refractivity contribution >= 4 is 30.6 Å². The van der Waals surface area contributed by atoms with Crippen LogP contribution in [0.15, 0.2) is 109 Å². The van der Waals surface area contributed by atoms with Crippen LogP contribution in [0.1, 0.15) is 51.7 Å². The Kier molecular flexibility index (Phi) is 15.3. The number of benzene rings is 4. The highest BCUT2D eigenvalue weighted by atomic mass is 28.4. The highest BCUT2D eigenvalue weighted by molar-refractivity contribution is 6.96. The van der Waals surface area contributed by atoms with Crippen molar-refractivity contribution in [3.8, 4) is 11.5 Å². The quantitative estimate of drug-likeness (QED) is 0.0827. The van der Waals surface area contributed by atoms with Gasteiger partial charge in [-0.15, -0.1) is 0 Å². The summed E-state index contributed by atoms with van der Waals surface area (Å²) in [6.07, 6.45) is 3.41. The van der Waals surface area contributed by atoms with E-state index in [0.29, 0.717) is 18.1 Å². The number of aryl methyl sites for hydroxylation is 2. The molecule has 8 nitrogen and oxygen atoms in total. The van der Waals surface area contributed by atoms with Crippen LogP contribution < -0.4 is 19.8 Å². The minimum atomic E-state index is -2.25. The molecule has 268 valence electrons. The van der Waals surface area contributed by atoms with Crippen LogP contribution in [-0.2, 0) is 36.3 Å². The van der Waals surface area contributed by atoms with E-state index in [9.17, 15) is 9.59 Å². The van der Waals surface area contributed by atoms with Gasteiger partial charge >= 0.3 is 11.9 Å². The van der Waals surface area contributed by atoms with Crippen LogP contribution in [0.4, 0.5) is 0 Å². The predicted octanol–water partition coefficient (Wildman–Crippen LogP) is 6.30. The smallest absolute Gasteiger partial charge is 0.349 e. The Morgan fingerprint density at radius 3 is 1.34 bits per heavy atom. The summed E-state index contributed by atoms with van der Waals surface area (Å²) < 4.78 is 27.5. The summed E-state index contributed by atoms with van der Waals surface area (Å²) in [6, 6.07) is 36.5. The molecule has 4 aromatic rings. The van der Waals surface area contributed by atoms with E-state index in [0.717, 1.165) is 31.2 Å². The topological polar surface area (TPSA) is 101 Å². The lowest BCUT2D eigenvalue weighted by Gasteiger charge is -2.28. The molecule has 0 bridgehead atoms. The van der Waals surface area contributed by atoms with Crippen molar-refractivity contribution in [3.63, 3.8) is 0 Å². The molecule has 0 aliphatic rings. The number of esters is 2. The third kappa shape index (κ3) is 11.9. The van der Waals surface area contributed by atoms with E-state index in [2.05, 4.69) is 59.8 Å². The van der Waals surface area contributed by atoms with Gasteiger partial charge in [0.2, 0.25) is 0 Å². The maximum absolute atomic E-state index is 11.8. The van der Waals surface area contributed by atoms with Crippen molar-refractivity contribution in [2.24, 2.45) is 0 Å². The number of aliphatic hydroxyl groups is 1. The largest absolute Gasteiger partial charge is 0.476 e. The Balaban J connectivity index is 0.000000319. The molecule has 0 spiro atoms. The number of carbonyl (C=O) groups is 2. The van der Waals surface area contributed by atoms with Gasteiger partial charge in [0.1, 0.15) is 11.5 Å². The van der Waals surface area contributed by atoms with Gasteiger partial charge in [0.15, 0.2) is 11.2 Å². The van der Waals surface area contributed by atoms with Crippen molar-refractivity contribution < 1.29 is 38.1 Å². The van der Waals surface area contributed by atoms with Crippen LogP contribution in [0.5, 0.6) is 11.5 Å².